The van der Waals surface area contributed by atoms with Crippen LogP contribution in [0.1, 0.15) is 39.3 Å². The molecule has 1 aliphatic rings. The van der Waals surface area contributed by atoms with Crippen LogP contribution in [0.25, 0.3) is 0 Å². The monoisotopic (exact) mass is 354 g/mol. The summed E-state index contributed by atoms with van der Waals surface area (Å²) in [5.41, 5.74) is 1.62. The van der Waals surface area contributed by atoms with Crippen molar-refractivity contribution < 1.29 is 19.1 Å². The van der Waals surface area contributed by atoms with Crippen molar-refractivity contribution in [1.29, 1.82) is 0 Å². The molecule has 1 fully saturated rings. The van der Waals surface area contributed by atoms with Crippen LogP contribution in [0, 0.1) is 6.92 Å². The van der Waals surface area contributed by atoms with E-state index in [9.17, 15) is 9.59 Å². The van der Waals surface area contributed by atoms with Gasteiger partial charge in [-0.25, -0.2) is 4.79 Å². The number of ether oxygens (including phenoxy) is 2. The highest BCUT2D eigenvalue weighted by atomic mass is 16.5. The van der Waals surface area contributed by atoms with Crippen LogP contribution in [0.15, 0.2) is 42.6 Å². The van der Waals surface area contributed by atoms with E-state index in [1.165, 1.54) is 7.11 Å². The van der Waals surface area contributed by atoms with Crippen LogP contribution >= 0.6 is 0 Å². The van der Waals surface area contributed by atoms with Crippen molar-refractivity contribution in [2.75, 3.05) is 20.2 Å². The molecule has 0 spiro atoms. The lowest BCUT2D eigenvalue weighted by Gasteiger charge is -2.32. The molecule has 1 aliphatic heterocycles. The number of carbonyl (C=O) groups is 2. The number of pyridine rings is 1. The van der Waals surface area contributed by atoms with E-state index in [1.807, 2.05) is 19.1 Å². The third-order valence-corrected chi connectivity index (χ3v) is 4.48. The molecule has 0 radical (unpaired) electrons. The molecule has 6 nitrogen and oxygen atoms in total. The summed E-state index contributed by atoms with van der Waals surface area (Å²) in [5, 5.41) is 0. The Balaban J connectivity index is 1.62. The number of carbonyl (C=O) groups excluding carboxylic acids is 2. The van der Waals surface area contributed by atoms with Crippen molar-refractivity contribution in [3.8, 4) is 5.75 Å². The van der Waals surface area contributed by atoms with Crippen molar-refractivity contribution in [2.45, 2.75) is 25.9 Å². The summed E-state index contributed by atoms with van der Waals surface area (Å²) in [7, 11) is 1.31. The van der Waals surface area contributed by atoms with Gasteiger partial charge in [0.1, 0.15) is 11.9 Å². The lowest BCUT2D eigenvalue weighted by Crippen LogP contribution is -2.42. The van der Waals surface area contributed by atoms with Gasteiger partial charge in [-0.3, -0.25) is 9.78 Å². The molecular formula is C20H22N2O4. The minimum Gasteiger partial charge on any atom is -0.489 e. The van der Waals surface area contributed by atoms with Crippen LogP contribution in [-0.2, 0) is 4.74 Å². The van der Waals surface area contributed by atoms with Gasteiger partial charge in [0.05, 0.1) is 24.4 Å². The zero-order chi connectivity index (χ0) is 18.5. The van der Waals surface area contributed by atoms with Gasteiger partial charge in [0.2, 0.25) is 0 Å². The number of aryl methyl sites for hydroxylation is 1. The van der Waals surface area contributed by atoms with Crippen molar-refractivity contribution in [2.24, 2.45) is 0 Å². The molecule has 0 saturated carbocycles. The first-order valence-corrected chi connectivity index (χ1v) is 8.64. The lowest BCUT2D eigenvalue weighted by atomic mass is 10.0. The van der Waals surface area contributed by atoms with Gasteiger partial charge in [-0.1, -0.05) is 12.1 Å². The fourth-order valence-electron chi connectivity index (χ4n) is 3.02. The highest BCUT2D eigenvalue weighted by Crippen LogP contribution is 2.21. The van der Waals surface area contributed by atoms with E-state index in [0.717, 1.165) is 24.3 Å². The summed E-state index contributed by atoms with van der Waals surface area (Å²) in [5.74, 6) is 0.0944. The molecule has 0 aliphatic carbocycles. The van der Waals surface area contributed by atoms with Gasteiger partial charge in [0.25, 0.3) is 5.91 Å². The molecule has 1 aromatic carbocycles. The smallest absolute Gasteiger partial charge is 0.338 e. The van der Waals surface area contributed by atoms with Crippen LogP contribution in [0.5, 0.6) is 5.75 Å². The molecule has 1 amide bonds. The molecule has 136 valence electrons. The van der Waals surface area contributed by atoms with Gasteiger partial charge >= 0.3 is 5.97 Å². The quantitative estimate of drug-likeness (QED) is 0.790. The minimum atomic E-state index is -0.501. The highest BCUT2D eigenvalue weighted by Gasteiger charge is 2.27. The molecule has 3 rings (SSSR count). The van der Waals surface area contributed by atoms with Gasteiger partial charge in [-0.15, -0.1) is 0 Å². The Hall–Kier alpha value is -2.89. The Morgan fingerprint density at radius 3 is 2.38 bits per heavy atom. The average molecular weight is 354 g/mol. The Morgan fingerprint density at radius 1 is 1.08 bits per heavy atom. The maximum absolute atomic E-state index is 12.8. The number of hydrogen-bond donors (Lipinski definition) is 0. The number of methoxy groups -OCH3 is 1. The van der Waals surface area contributed by atoms with E-state index in [1.54, 1.807) is 35.4 Å². The van der Waals surface area contributed by atoms with E-state index < -0.39 is 5.97 Å². The van der Waals surface area contributed by atoms with Crippen LogP contribution in [-0.4, -0.2) is 48.1 Å². The number of aromatic nitrogens is 1. The second-order valence-electron chi connectivity index (χ2n) is 6.28. The Kier molecular flexibility index (Phi) is 5.51. The van der Waals surface area contributed by atoms with Crippen LogP contribution in [0.2, 0.25) is 0 Å². The Morgan fingerprint density at radius 2 is 1.77 bits per heavy atom. The van der Waals surface area contributed by atoms with Gasteiger partial charge in [0.15, 0.2) is 0 Å². The van der Waals surface area contributed by atoms with Gasteiger partial charge in [-0.2, -0.15) is 0 Å². The molecule has 2 heterocycles. The van der Waals surface area contributed by atoms with Gasteiger partial charge in [-0.05, 0) is 31.2 Å². The first-order chi connectivity index (χ1) is 12.6. The number of likely N-dealkylation sites (tertiary alicyclic amines) is 1. The third kappa shape index (κ3) is 4.02. The van der Waals surface area contributed by atoms with E-state index in [-0.39, 0.29) is 12.0 Å². The van der Waals surface area contributed by atoms with E-state index in [0.29, 0.717) is 24.2 Å². The SMILES string of the molecule is COC(=O)c1ccccc1C(=O)N1CCC(Oc2ccc(C)nc2)CC1. The Bertz CT molecular complexity index is 781. The first kappa shape index (κ1) is 17.9. The summed E-state index contributed by atoms with van der Waals surface area (Å²) in [6.07, 6.45) is 3.25. The fourth-order valence-corrected chi connectivity index (χ4v) is 3.02. The van der Waals surface area contributed by atoms with Gasteiger partial charge in [0, 0.05) is 31.6 Å². The van der Waals surface area contributed by atoms with Crippen molar-refractivity contribution >= 4 is 11.9 Å². The molecule has 0 bridgehead atoms. The number of amides is 1. The second kappa shape index (κ2) is 7.99. The zero-order valence-electron chi connectivity index (χ0n) is 15.0. The fraction of sp³-hybridized carbons (Fsp3) is 0.350. The van der Waals surface area contributed by atoms with Crippen LogP contribution < -0.4 is 4.74 Å². The predicted octanol–water partition coefficient (Wildman–Crippen LogP) is 2.86. The maximum Gasteiger partial charge on any atom is 0.338 e. The molecule has 0 atom stereocenters. The number of rotatable bonds is 4. The molecule has 2 aromatic rings. The lowest BCUT2D eigenvalue weighted by molar-refractivity contribution is 0.0556. The Labute approximate surface area is 152 Å². The third-order valence-electron chi connectivity index (χ3n) is 4.48. The average Bonchev–Trinajstić information content (AvgIpc) is 2.69. The highest BCUT2D eigenvalue weighted by molar-refractivity contribution is 6.05. The summed E-state index contributed by atoms with van der Waals surface area (Å²) in [4.78, 5) is 30.7. The molecule has 0 N–H and O–H groups in total. The zero-order valence-corrected chi connectivity index (χ0v) is 15.0. The van der Waals surface area contributed by atoms with E-state index in [2.05, 4.69) is 4.98 Å². The number of esters is 1. The summed E-state index contributed by atoms with van der Waals surface area (Å²) >= 11 is 0. The number of nitrogens with zero attached hydrogens (tertiary/aromatic N) is 2. The van der Waals surface area contributed by atoms with Gasteiger partial charge < -0.3 is 14.4 Å². The number of hydrogen-bond acceptors (Lipinski definition) is 5. The summed E-state index contributed by atoms with van der Waals surface area (Å²) in [6, 6.07) is 10.6. The molecule has 1 saturated heterocycles. The standard InChI is InChI=1S/C20H22N2O4/c1-14-7-8-16(13-21-14)26-15-9-11-22(12-10-15)19(23)17-5-3-4-6-18(17)20(24)25-2/h3-8,13,15H,9-12H2,1-2H3. The van der Waals surface area contributed by atoms with Crippen molar-refractivity contribution in [1.82, 2.24) is 9.88 Å². The molecule has 0 unspecified atom stereocenters. The van der Waals surface area contributed by atoms with Crippen molar-refractivity contribution in [3.63, 3.8) is 0 Å². The normalized spacial score (nSPS) is 14.8. The topological polar surface area (TPSA) is 68.7 Å². The molecule has 6 heteroatoms. The molecule has 1 aromatic heterocycles. The van der Waals surface area contributed by atoms with E-state index >= 15 is 0 Å². The minimum absolute atomic E-state index is 0.0550. The number of benzene rings is 1. The summed E-state index contributed by atoms with van der Waals surface area (Å²) < 4.78 is 10.7. The molecular weight excluding hydrogens is 332 g/mol. The molecule has 26 heavy (non-hydrogen) atoms. The second-order valence-corrected chi connectivity index (χ2v) is 6.28. The maximum atomic E-state index is 12.8. The largest absolute Gasteiger partial charge is 0.489 e. The first-order valence-electron chi connectivity index (χ1n) is 8.64. The number of piperidine rings is 1. The van der Waals surface area contributed by atoms with E-state index in [4.69, 9.17) is 9.47 Å². The van der Waals surface area contributed by atoms with Crippen molar-refractivity contribution in [3.05, 3.63) is 59.4 Å². The predicted molar refractivity (Wildman–Crippen MR) is 96.3 cm³/mol. The summed E-state index contributed by atoms with van der Waals surface area (Å²) in [6.45, 7) is 3.09. The van der Waals surface area contributed by atoms with Crippen LogP contribution in [0.3, 0.4) is 0 Å². The van der Waals surface area contributed by atoms with Crippen LogP contribution in [0.4, 0.5) is 0 Å².